The third kappa shape index (κ3) is 1.84. The van der Waals surface area contributed by atoms with Crippen molar-refractivity contribution in [2.24, 2.45) is 9.98 Å². The average Bonchev–Trinajstić information content (AvgIpc) is 2.41. The van der Waals surface area contributed by atoms with Crippen molar-refractivity contribution in [3.8, 4) is 0 Å². The summed E-state index contributed by atoms with van der Waals surface area (Å²) in [7, 11) is 0. The predicted molar refractivity (Wildman–Crippen MR) is 58.8 cm³/mol. The molecule has 0 radical (unpaired) electrons. The van der Waals surface area contributed by atoms with Crippen molar-refractivity contribution in [3.63, 3.8) is 0 Å². The Hall–Kier alpha value is -1.18. The lowest BCUT2D eigenvalue weighted by molar-refractivity contribution is 0.242. The Bertz CT molecular complexity index is 344. The van der Waals surface area contributed by atoms with E-state index in [0.717, 1.165) is 19.5 Å². The highest BCUT2D eigenvalue weighted by Crippen LogP contribution is 2.16. The minimum Gasteiger partial charge on any atom is -0.296 e. The molecule has 2 aliphatic heterocycles. The van der Waals surface area contributed by atoms with Crippen LogP contribution in [0.2, 0.25) is 0 Å². The molecule has 0 amide bonds. The number of rotatable bonds is 1. The zero-order valence-electron chi connectivity index (χ0n) is 8.70. The van der Waals surface area contributed by atoms with E-state index in [1.54, 1.807) is 6.20 Å². The molecule has 74 valence electrons. The van der Waals surface area contributed by atoms with Gasteiger partial charge >= 0.3 is 0 Å². The highest BCUT2D eigenvalue weighted by atomic mass is 15.2. The van der Waals surface area contributed by atoms with E-state index >= 15 is 0 Å². The first-order valence-corrected chi connectivity index (χ1v) is 5.04. The average molecular weight is 189 g/mol. The van der Waals surface area contributed by atoms with Gasteiger partial charge in [-0.2, -0.15) is 0 Å². The van der Waals surface area contributed by atoms with Crippen LogP contribution < -0.4 is 0 Å². The van der Waals surface area contributed by atoms with Gasteiger partial charge in [0.05, 0.1) is 6.20 Å². The molecule has 0 unspecified atom stereocenters. The zero-order valence-corrected chi connectivity index (χ0v) is 8.70. The molecule has 0 N–H and O–H groups in total. The molecule has 2 heterocycles. The Morgan fingerprint density at radius 2 is 2.36 bits per heavy atom. The molecule has 0 aromatic rings. The van der Waals surface area contributed by atoms with Crippen LogP contribution in [0.5, 0.6) is 0 Å². The van der Waals surface area contributed by atoms with Gasteiger partial charge in [-0.25, -0.2) is 4.99 Å². The number of hydrogen-bond donors (Lipinski definition) is 0. The Morgan fingerprint density at radius 1 is 1.50 bits per heavy atom. The molecule has 0 spiro atoms. The summed E-state index contributed by atoms with van der Waals surface area (Å²) in [6.45, 7) is 6.51. The molecular weight excluding hydrogens is 174 g/mol. The van der Waals surface area contributed by atoms with Gasteiger partial charge < -0.3 is 0 Å². The van der Waals surface area contributed by atoms with Crippen LogP contribution in [0.4, 0.5) is 0 Å². The van der Waals surface area contributed by atoms with E-state index in [4.69, 9.17) is 0 Å². The summed E-state index contributed by atoms with van der Waals surface area (Å²) < 4.78 is 0. The molecule has 1 fully saturated rings. The van der Waals surface area contributed by atoms with Crippen molar-refractivity contribution in [1.29, 1.82) is 0 Å². The van der Waals surface area contributed by atoms with Gasteiger partial charge in [0.2, 0.25) is 0 Å². The highest BCUT2D eigenvalue weighted by Gasteiger charge is 2.21. The maximum atomic E-state index is 4.33. The highest BCUT2D eigenvalue weighted by molar-refractivity contribution is 6.02. The predicted octanol–water partition coefficient (Wildman–Crippen LogP) is 1.62. The Balaban J connectivity index is 2.17. The summed E-state index contributed by atoms with van der Waals surface area (Å²) >= 11 is 0. The van der Waals surface area contributed by atoms with Crippen LogP contribution in [0.1, 0.15) is 20.3 Å². The van der Waals surface area contributed by atoms with Gasteiger partial charge in [0, 0.05) is 48.9 Å². The smallest absolute Gasteiger partial charge is 0.0885 e. The zero-order chi connectivity index (χ0) is 9.97. The van der Waals surface area contributed by atoms with Crippen LogP contribution in [-0.4, -0.2) is 35.6 Å². The van der Waals surface area contributed by atoms with E-state index < -0.39 is 0 Å². The lowest BCUT2D eigenvalue weighted by Gasteiger charge is -2.32. The summed E-state index contributed by atoms with van der Waals surface area (Å²) in [6, 6.07) is 0.595. The van der Waals surface area contributed by atoms with Crippen molar-refractivity contribution in [2.75, 3.05) is 13.1 Å². The summed E-state index contributed by atoms with van der Waals surface area (Å²) in [5, 5.41) is 0. The monoisotopic (exact) mass is 189 g/mol. The van der Waals surface area contributed by atoms with E-state index in [-0.39, 0.29) is 0 Å². The van der Waals surface area contributed by atoms with E-state index in [9.17, 15) is 0 Å². The minimum atomic E-state index is 0.595. The number of nitrogens with zero attached hydrogens (tertiary/aromatic N) is 3. The maximum Gasteiger partial charge on any atom is 0.0885 e. The third-order valence-corrected chi connectivity index (χ3v) is 2.68. The fourth-order valence-corrected chi connectivity index (χ4v) is 1.76. The number of fused-ring (bicyclic) bond motifs is 1. The number of hydrogen-bond acceptors (Lipinski definition) is 3. The number of likely N-dealkylation sites (tertiary alicyclic amines) is 1. The van der Waals surface area contributed by atoms with Gasteiger partial charge in [-0.15, -0.1) is 0 Å². The lowest BCUT2D eigenvalue weighted by Crippen LogP contribution is -2.40. The van der Waals surface area contributed by atoms with E-state index in [2.05, 4.69) is 34.6 Å². The summed E-state index contributed by atoms with van der Waals surface area (Å²) in [5.41, 5.74) is 2.42. The molecule has 3 nitrogen and oxygen atoms in total. The Morgan fingerprint density at radius 3 is 3.14 bits per heavy atom. The second kappa shape index (κ2) is 3.91. The van der Waals surface area contributed by atoms with Crippen molar-refractivity contribution < 1.29 is 0 Å². The van der Waals surface area contributed by atoms with Crippen molar-refractivity contribution >= 4 is 11.6 Å². The molecule has 3 heteroatoms. The summed E-state index contributed by atoms with van der Waals surface area (Å²) in [6.07, 6.45) is 4.57. The third-order valence-electron chi connectivity index (χ3n) is 2.68. The van der Waals surface area contributed by atoms with Gasteiger partial charge in [-0.3, -0.25) is 9.89 Å². The molecule has 0 aliphatic carbocycles. The lowest BCUT2D eigenvalue weighted by atomic mass is 10.0. The number of aliphatic imine (C=N–C) groups is 2. The Labute approximate surface area is 84.5 Å². The second-order valence-corrected chi connectivity index (χ2v) is 3.93. The quantitative estimate of drug-likeness (QED) is 0.616. The van der Waals surface area contributed by atoms with Crippen molar-refractivity contribution in [2.45, 2.75) is 26.3 Å². The van der Waals surface area contributed by atoms with Crippen LogP contribution in [0.3, 0.4) is 0 Å². The van der Waals surface area contributed by atoms with Gasteiger partial charge in [0.1, 0.15) is 0 Å². The second-order valence-electron chi connectivity index (χ2n) is 3.93. The minimum absolute atomic E-state index is 0.595. The van der Waals surface area contributed by atoms with Crippen LogP contribution in [-0.2, 0) is 0 Å². The molecule has 0 aromatic heterocycles. The molecule has 0 saturated carbocycles. The summed E-state index contributed by atoms with van der Waals surface area (Å²) in [4.78, 5) is 10.8. The fraction of sp³-hybridized carbons (Fsp3) is 0.545. The van der Waals surface area contributed by atoms with Crippen LogP contribution in [0.15, 0.2) is 28.0 Å². The Kier molecular flexibility index (Phi) is 2.62. The van der Waals surface area contributed by atoms with Crippen molar-refractivity contribution in [1.82, 2.24) is 4.90 Å². The van der Waals surface area contributed by atoms with Crippen LogP contribution in [0, 0.1) is 0 Å². The van der Waals surface area contributed by atoms with Gasteiger partial charge in [0.25, 0.3) is 0 Å². The van der Waals surface area contributed by atoms with Crippen LogP contribution in [0.25, 0.3) is 0 Å². The first-order valence-electron chi connectivity index (χ1n) is 5.04. The molecule has 0 aromatic carbocycles. The molecular formula is C11H15N3. The number of piperidine rings is 1. The topological polar surface area (TPSA) is 28.0 Å². The van der Waals surface area contributed by atoms with E-state index in [0.29, 0.717) is 6.04 Å². The normalized spacial score (nSPS) is 21.6. The van der Waals surface area contributed by atoms with E-state index in [1.165, 1.54) is 11.3 Å². The SMILES string of the molecule is CC(C)N1CCC2=NC=C=NC=C2C1. The van der Waals surface area contributed by atoms with Gasteiger partial charge in [0.15, 0.2) is 0 Å². The molecule has 2 rings (SSSR count). The van der Waals surface area contributed by atoms with E-state index in [1.807, 2.05) is 6.20 Å². The first-order chi connectivity index (χ1) is 6.77. The van der Waals surface area contributed by atoms with Gasteiger partial charge in [-0.1, -0.05) is 0 Å². The van der Waals surface area contributed by atoms with Crippen molar-refractivity contribution in [3.05, 3.63) is 18.0 Å². The molecule has 0 atom stereocenters. The molecule has 0 bridgehead atoms. The first kappa shape index (κ1) is 9.38. The summed E-state index contributed by atoms with van der Waals surface area (Å²) in [5.74, 6) is 2.77. The largest absolute Gasteiger partial charge is 0.296 e. The fourth-order valence-electron chi connectivity index (χ4n) is 1.76. The standard InChI is InChI=1S/C11H15N3/c1-9(2)14-6-3-11-10(8-14)7-12-4-5-13-11/h5,7,9H,3,6,8H2,1-2H3. The van der Waals surface area contributed by atoms with Crippen LogP contribution >= 0.6 is 0 Å². The molecule has 2 aliphatic rings. The molecule has 1 saturated heterocycles. The molecule has 14 heavy (non-hydrogen) atoms. The van der Waals surface area contributed by atoms with Gasteiger partial charge in [-0.05, 0) is 13.8 Å². The maximum absolute atomic E-state index is 4.33.